The SMILES string of the molecule is CCCC/C=C/CCCCCCCC(=O)OC[C@H](CO)OC(=O)CCCCCCCCCCCCCCCCCCCCCCC. The number of allylic oxidation sites excluding steroid dienone is 2. The van der Waals surface area contributed by atoms with E-state index in [9.17, 15) is 14.7 Å². The average molecular weight is 651 g/mol. The van der Waals surface area contributed by atoms with Crippen LogP contribution in [0, 0.1) is 0 Å². The summed E-state index contributed by atoms with van der Waals surface area (Å²) in [5, 5.41) is 9.54. The molecule has 0 aromatic heterocycles. The first-order valence-electron chi connectivity index (χ1n) is 20.2. The number of esters is 2. The summed E-state index contributed by atoms with van der Waals surface area (Å²) < 4.78 is 10.6. The minimum Gasteiger partial charge on any atom is -0.462 e. The zero-order chi connectivity index (χ0) is 33.6. The fraction of sp³-hybridized carbons (Fsp3) is 0.902. The van der Waals surface area contributed by atoms with Crippen LogP contribution in [0.1, 0.15) is 219 Å². The lowest BCUT2D eigenvalue weighted by Crippen LogP contribution is -2.28. The molecular weight excluding hydrogens is 572 g/mol. The maximum atomic E-state index is 12.2. The Balaban J connectivity index is 3.47. The Hall–Kier alpha value is -1.36. The van der Waals surface area contributed by atoms with Crippen LogP contribution < -0.4 is 0 Å². The van der Waals surface area contributed by atoms with Gasteiger partial charge in [-0.15, -0.1) is 0 Å². The molecule has 0 amide bonds. The zero-order valence-corrected chi connectivity index (χ0v) is 30.9. The van der Waals surface area contributed by atoms with Crippen molar-refractivity contribution < 1.29 is 24.2 Å². The number of aliphatic hydroxyl groups is 1. The second-order valence-corrected chi connectivity index (χ2v) is 13.7. The molecule has 5 nitrogen and oxygen atoms in total. The number of aliphatic hydroxyl groups excluding tert-OH is 1. The largest absolute Gasteiger partial charge is 0.462 e. The van der Waals surface area contributed by atoms with Gasteiger partial charge in [-0.25, -0.2) is 0 Å². The lowest BCUT2D eigenvalue weighted by molar-refractivity contribution is -0.161. The van der Waals surface area contributed by atoms with Gasteiger partial charge in [0.15, 0.2) is 6.10 Å². The van der Waals surface area contributed by atoms with Crippen molar-refractivity contribution in [2.75, 3.05) is 13.2 Å². The van der Waals surface area contributed by atoms with Crippen LogP contribution >= 0.6 is 0 Å². The third-order valence-corrected chi connectivity index (χ3v) is 9.06. The summed E-state index contributed by atoms with van der Waals surface area (Å²) >= 11 is 0. The van der Waals surface area contributed by atoms with E-state index in [0.29, 0.717) is 12.8 Å². The summed E-state index contributed by atoms with van der Waals surface area (Å²) in [6, 6.07) is 0. The number of hydrogen-bond donors (Lipinski definition) is 1. The number of carbonyl (C=O) groups excluding carboxylic acids is 2. The monoisotopic (exact) mass is 651 g/mol. The van der Waals surface area contributed by atoms with Crippen molar-refractivity contribution in [2.45, 2.75) is 225 Å². The van der Waals surface area contributed by atoms with Crippen molar-refractivity contribution in [3.05, 3.63) is 12.2 Å². The van der Waals surface area contributed by atoms with Gasteiger partial charge in [0.25, 0.3) is 0 Å². The van der Waals surface area contributed by atoms with Crippen LogP contribution in [-0.4, -0.2) is 36.4 Å². The van der Waals surface area contributed by atoms with Gasteiger partial charge in [-0.1, -0.05) is 187 Å². The van der Waals surface area contributed by atoms with Crippen LogP contribution in [0.4, 0.5) is 0 Å². The van der Waals surface area contributed by atoms with Gasteiger partial charge < -0.3 is 14.6 Å². The Morgan fingerprint density at radius 1 is 0.478 bits per heavy atom. The van der Waals surface area contributed by atoms with Gasteiger partial charge in [0.2, 0.25) is 0 Å². The van der Waals surface area contributed by atoms with Gasteiger partial charge in [0.05, 0.1) is 6.61 Å². The highest BCUT2D eigenvalue weighted by Crippen LogP contribution is 2.16. The van der Waals surface area contributed by atoms with E-state index >= 15 is 0 Å². The third-order valence-electron chi connectivity index (χ3n) is 9.06. The quantitative estimate of drug-likeness (QED) is 0.0411. The van der Waals surface area contributed by atoms with E-state index in [4.69, 9.17) is 9.47 Å². The second kappa shape index (κ2) is 38.1. The normalized spacial score (nSPS) is 12.2. The first-order valence-corrected chi connectivity index (χ1v) is 20.2. The molecule has 0 unspecified atom stereocenters. The molecule has 0 radical (unpaired) electrons. The van der Waals surface area contributed by atoms with Crippen molar-refractivity contribution in [1.82, 2.24) is 0 Å². The van der Waals surface area contributed by atoms with Crippen molar-refractivity contribution in [3.8, 4) is 0 Å². The number of carbonyl (C=O) groups is 2. The van der Waals surface area contributed by atoms with Crippen LogP contribution in [0.25, 0.3) is 0 Å². The first-order chi connectivity index (χ1) is 22.6. The Bertz CT molecular complexity index is 661. The molecule has 46 heavy (non-hydrogen) atoms. The summed E-state index contributed by atoms with van der Waals surface area (Å²) in [6.45, 7) is 4.11. The summed E-state index contributed by atoms with van der Waals surface area (Å²) in [4.78, 5) is 24.2. The maximum Gasteiger partial charge on any atom is 0.306 e. The number of ether oxygens (including phenoxy) is 2. The molecule has 0 rings (SSSR count). The van der Waals surface area contributed by atoms with Crippen molar-refractivity contribution in [3.63, 3.8) is 0 Å². The minimum absolute atomic E-state index is 0.0647. The van der Waals surface area contributed by atoms with E-state index in [2.05, 4.69) is 26.0 Å². The van der Waals surface area contributed by atoms with Gasteiger partial charge in [-0.3, -0.25) is 9.59 Å². The standard InChI is InChI=1S/C41H78O5/c1-3-5-7-9-11-13-15-16-17-18-19-20-21-22-23-24-26-28-30-32-34-36-41(44)46-39(37-42)38-45-40(43)35-33-31-29-27-25-14-12-10-8-6-4-2/h10,12,39,42H,3-9,11,13-38H2,1-2H3/b12-10+/t39-/m0/s1. The summed E-state index contributed by atoms with van der Waals surface area (Å²) in [7, 11) is 0. The van der Waals surface area contributed by atoms with Gasteiger partial charge in [0.1, 0.15) is 6.61 Å². The smallest absolute Gasteiger partial charge is 0.306 e. The predicted molar refractivity (Wildman–Crippen MR) is 196 cm³/mol. The van der Waals surface area contributed by atoms with Crippen molar-refractivity contribution in [2.24, 2.45) is 0 Å². The molecule has 1 N–H and O–H groups in total. The van der Waals surface area contributed by atoms with E-state index in [1.54, 1.807) is 0 Å². The predicted octanol–water partition coefficient (Wildman–Crippen LogP) is 12.5. The first kappa shape index (κ1) is 44.6. The van der Waals surface area contributed by atoms with Crippen LogP contribution in [0.15, 0.2) is 12.2 Å². The summed E-state index contributed by atoms with van der Waals surface area (Å²) in [6.07, 6.45) is 42.8. The molecule has 0 fully saturated rings. The molecule has 0 saturated heterocycles. The van der Waals surface area contributed by atoms with Gasteiger partial charge >= 0.3 is 11.9 Å². The zero-order valence-electron chi connectivity index (χ0n) is 30.9. The number of rotatable bonds is 37. The molecule has 5 heteroatoms. The lowest BCUT2D eigenvalue weighted by Gasteiger charge is -2.15. The lowest BCUT2D eigenvalue weighted by atomic mass is 10.0. The molecule has 0 aliphatic rings. The van der Waals surface area contributed by atoms with E-state index in [0.717, 1.165) is 44.9 Å². The highest BCUT2D eigenvalue weighted by molar-refractivity contribution is 5.70. The number of hydrogen-bond acceptors (Lipinski definition) is 5. The maximum absolute atomic E-state index is 12.2. The van der Waals surface area contributed by atoms with Crippen LogP contribution in [0.2, 0.25) is 0 Å². The Labute approximate surface area is 286 Å². The molecule has 272 valence electrons. The fourth-order valence-corrected chi connectivity index (χ4v) is 5.95. The van der Waals surface area contributed by atoms with Crippen LogP contribution in [0.5, 0.6) is 0 Å². The summed E-state index contributed by atoms with van der Waals surface area (Å²) in [5.74, 6) is -0.592. The van der Waals surface area contributed by atoms with E-state index in [1.807, 2.05) is 0 Å². The topological polar surface area (TPSA) is 72.8 Å². The van der Waals surface area contributed by atoms with Gasteiger partial charge in [-0.2, -0.15) is 0 Å². The molecule has 0 aromatic rings. The highest BCUT2D eigenvalue weighted by Gasteiger charge is 2.16. The van der Waals surface area contributed by atoms with Gasteiger partial charge in [-0.05, 0) is 32.1 Å². The molecule has 0 aromatic carbocycles. The van der Waals surface area contributed by atoms with Crippen LogP contribution in [-0.2, 0) is 19.1 Å². The van der Waals surface area contributed by atoms with Crippen LogP contribution in [0.3, 0.4) is 0 Å². The third kappa shape index (κ3) is 35.5. The minimum atomic E-state index is -0.767. The average Bonchev–Trinajstić information content (AvgIpc) is 3.06. The fourth-order valence-electron chi connectivity index (χ4n) is 5.95. The van der Waals surface area contributed by atoms with Gasteiger partial charge in [0, 0.05) is 12.8 Å². The molecule has 0 spiro atoms. The molecule has 0 saturated carbocycles. The summed E-state index contributed by atoms with van der Waals surface area (Å²) in [5.41, 5.74) is 0. The molecule has 0 aliphatic carbocycles. The molecule has 0 heterocycles. The molecule has 0 aliphatic heterocycles. The molecule has 1 atom stereocenters. The van der Waals surface area contributed by atoms with E-state index in [1.165, 1.54) is 148 Å². The Morgan fingerprint density at radius 2 is 0.826 bits per heavy atom. The Kier molecular flexibility index (Phi) is 37.0. The molecular formula is C41H78O5. The van der Waals surface area contributed by atoms with Crippen molar-refractivity contribution >= 4 is 11.9 Å². The van der Waals surface area contributed by atoms with Crippen molar-refractivity contribution in [1.29, 1.82) is 0 Å². The van der Waals surface area contributed by atoms with E-state index < -0.39 is 6.10 Å². The second-order valence-electron chi connectivity index (χ2n) is 13.7. The Morgan fingerprint density at radius 3 is 1.24 bits per heavy atom. The number of unbranched alkanes of at least 4 members (excludes halogenated alkanes) is 27. The van der Waals surface area contributed by atoms with E-state index in [-0.39, 0.29) is 25.2 Å². The molecule has 0 bridgehead atoms. The highest BCUT2D eigenvalue weighted by atomic mass is 16.6.